The molecule has 4 rings (SSSR count). The van der Waals surface area contributed by atoms with Gasteiger partial charge in [-0.05, 0) is 17.0 Å². The van der Waals surface area contributed by atoms with Crippen LogP contribution in [0.15, 0.2) is 90.1 Å². The average molecular weight is 378 g/mol. The summed E-state index contributed by atoms with van der Waals surface area (Å²) in [6.45, 7) is 0.293. The Labute approximate surface area is 157 Å². The van der Waals surface area contributed by atoms with Gasteiger partial charge in [-0.3, -0.25) is 0 Å². The van der Waals surface area contributed by atoms with Gasteiger partial charge in [-0.1, -0.05) is 66.7 Å². The van der Waals surface area contributed by atoms with E-state index in [-0.39, 0.29) is 4.90 Å². The fourth-order valence-electron chi connectivity index (χ4n) is 3.08. The molecule has 0 bridgehead atoms. The zero-order chi connectivity index (χ0) is 18.7. The molecule has 1 unspecified atom stereocenters. The van der Waals surface area contributed by atoms with Gasteiger partial charge >= 0.3 is 0 Å². The lowest BCUT2D eigenvalue weighted by molar-refractivity contribution is 0.445. The number of hydrogen-bond acceptors (Lipinski definition) is 4. The minimum absolute atomic E-state index is 0.259. The summed E-state index contributed by atoms with van der Waals surface area (Å²) >= 11 is 0. The Morgan fingerprint density at radius 1 is 0.852 bits per heavy atom. The molecular formula is C20H18N4O2S. The van der Waals surface area contributed by atoms with Crippen LogP contribution in [0, 0.1) is 0 Å². The van der Waals surface area contributed by atoms with Gasteiger partial charge in [-0.2, -0.15) is 15.0 Å². The van der Waals surface area contributed by atoms with Crippen molar-refractivity contribution in [1.29, 1.82) is 0 Å². The van der Waals surface area contributed by atoms with Crippen molar-refractivity contribution in [2.75, 3.05) is 0 Å². The molecule has 0 aliphatic rings. The molecule has 1 N–H and O–H groups in total. The second kappa shape index (κ2) is 7.30. The Morgan fingerprint density at radius 3 is 2.30 bits per heavy atom. The first kappa shape index (κ1) is 17.4. The Kier molecular flexibility index (Phi) is 4.70. The summed E-state index contributed by atoms with van der Waals surface area (Å²) < 4.78 is 29.2. The highest BCUT2D eigenvalue weighted by atomic mass is 32.2. The van der Waals surface area contributed by atoms with Crippen molar-refractivity contribution in [1.82, 2.24) is 19.7 Å². The van der Waals surface area contributed by atoms with Crippen molar-refractivity contribution < 1.29 is 8.42 Å². The molecule has 1 heterocycles. The largest absolute Gasteiger partial charge is 0.241 e. The van der Waals surface area contributed by atoms with Gasteiger partial charge in [0.1, 0.15) is 0 Å². The maximum Gasteiger partial charge on any atom is 0.241 e. The van der Waals surface area contributed by atoms with Crippen LogP contribution in [0.2, 0.25) is 0 Å². The molecule has 0 radical (unpaired) electrons. The first-order valence-corrected chi connectivity index (χ1v) is 10.0. The fraction of sp³-hybridized carbons (Fsp3) is 0.100. The first-order valence-electron chi connectivity index (χ1n) is 8.53. The van der Waals surface area contributed by atoms with E-state index in [1.807, 2.05) is 60.7 Å². The van der Waals surface area contributed by atoms with Crippen LogP contribution in [-0.2, 0) is 16.6 Å². The third kappa shape index (κ3) is 3.74. The van der Waals surface area contributed by atoms with Crippen LogP contribution in [0.3, 0.4) is 0 Å². The molecule has 27 heavy (non-hydrogen) atoms. The van der Waals surface area contributed by atoms with E-state index in [1.165, 1.54) is 4.80 Å². The summed E-state index contributed by atoms with van der Waals surface area (Å²) in [6, 6.07) is 21.7. The van der Waals surface area contributed by atoms with Crippen molar-refractivity contribution in [2.24, 2.45) is 0 Å². The molecule has 7 heteroatoms. The van der Waals surface area contributed by atoms with Gasteiger partial charge in [-0.25, -0.2) is 13.1 Å². The highest BCUT2D eigenvalue weighted by molar-refractivity contribution is 7.89. The minimum atomic E-state index is -3.76. The quantitative estimate of drug-likeness (QED) is 0.559. The second-order valence-corrected chi connectivity index (χ2v) is 7.83. The molecule has 0 amide bonds. The van der Waals surface area contributed by atoms with Gasteiger partial charge in [0.25, 0.3) is 0 Å². The Hall–Kier alpha value is -3.03. The van der Waals surface area contributed by atoms with Gasteiger partial charge in [0.05, 0.1) is 29.9 Å². The standard InChI is InChI=1S/C20H18N4O2S/c25-27(26,20-12-6-10-16-7-4-5-11-18(16)20)23-19(15-24-21-13-14-22-24)17-8-2-1-3-9-17/h1-14,19,23H,15H2. The molecule has 3 aromatic carbocycles. The number of benzene rings is 3. The van der Waals surface area contributed by atoms with Crippen molar-refractivity contribution in [3.63, 3.8) is 0 Å². The van der Waals surface area contributed by atoms with E-state index < -0.39 is 16.1 Å². The molecule has 0 saturated carbocycles. The van der Waals surface area contributed by atoms with Gasteiger partial charge in [0.2, 0.25) is 10.0 Å². The molecule has 0 aliphatic carbocycles. The maximum atomic E-state index is 13.2. The second-order valence-electron chi connectivity index (χ2n) is 6.15. The highest BCUT2D eigenvalue weighted by Gasteiger charge is 2.24. The number of rotatable bonds is 6. The van der Waals surface area contributed by atoms with Crippen LogP contribution in [-0.4, -0.2) is 23.4 Å². The van der Waals surface area contributed by atoms with Crippen LogP contribution >= 0.6 is 0 Å². The number of fused-ring (bicyclic) bond motifs is 1. The lowest BCUT2D eigenvalue weighted by Crippen LogP contribution is -2.32. The zero-order valence-electron chi connectivity index (χ0n) is 14.4. The van der Waals surface area contributed by atoms with E-state index in [9.17, 15) is 8.42 Å². The van der Waals surface area contributed by atoms with E-state index in [0.29, 0.717) is 11.9 Å². The molecule has 136 valence electrons. The smallest absolute Gasteiger partial charge is 0.207 e. The Bertz CT molecular complexity index is 1140. The average Bonchev–Trinajstić information content (AvgIpc) is 3.21. The number of aromatic nitrogens is 3. The Balaban J connectivity index is 1.73. The summed E-state index contributed by atoms with van der Waals surface area (Å²) in [5.74, 6) is 0. The van der Waals surface area contributed by atoms with Crippen LogP contribution < -0.4 is 4.72 Å². The lowest BCUT2D eigenvalue weighted by Gasteiger charge is -2.19. The predicted molar refractivity (Wildman–Crippen MR) is 103 cm³/mol. The van der Waals surface area contributed by atoms with Crippen molar-refractivity contribution in [3.8, 4) is 0 Å². The maximum absolute atomic E-state index is 13.2. The van der Waals surface area contributed by atoms with Crippen LogP contribution in [0.25, 0.3) is 10.8 Å². The lowest BCUT2D eigenvalue weighted by atomic mass is 10.1. The molecule has 4 aromatic rings. The summed E-state index contributed by atoms with van der Waals surface area (Å²) in [5, 5.41) is 9.78. The third-order valence-electron chi connectivity index (χ3n) is 4.35. The minimum Gasteiger partial charge on any atom is -0.207 e. The van der Waals surface area contributed by atoms with Crippen LogP contribution in [0.5, 0.6) is 0 Å². The van der Waals surface area contributed by atoms with Gasteiger partial charge < -0.3 is 0 Å². The van der Waals surface area contributed by atoms with Crippen molar-refractivity contribution in [2.45, 2.75) is 17.5 Å². The van der Waals surface area contributed by atoms with E-state index in [1.54, 1.807) is 24.5 Å². The fourth-order valence-corrected chi connectivity index (χ4v) is 4.52. The third-order valence-corrected chi connectivity index (χ3v) is 5.88. The summed E-state index contributed by atoms with van der Waals surface area (Å²) in [7, 11) is -3.76. The van der Waals surface area contributed by atoms with Gasteiger partial charge in [-0.15, -0.1) is 0 Å². The van der Waals surface area contributed by atoms with Crippen LogP contribution in [0.4, 0.5) is 0 Å². The molecule has 1 atom stereocenters. The predicted octanol–water partition coefficient (Wildman–Crippen LogP) is 3.15. The Morgan fingerprint density at radius 2 is 1.52 bits per heavy atom. The number of sulfonamides is 1. The number of hydrogen-bond donors (Lipinski definition) is 1. The van der Waals surface area contributed by atoms with E-state index in [2.05, 4.69) is 14.9 Å². The van der Waals surface area contributed by atoms with Crippen LogP contribution in [0.1, 0.15) is 11.6 Å². The zero-order valence-corrected chi connectivity index (χ0v) is 15.3. The monoisotopic (exact) mass is 378 g/mol. The number of nitrogens with one attached hydrogen (secondary N) is 1. The van der Waals surface area contributed by atoms with Crippen molar-refractivity contribution in [3.05, 3.63) is 90.8 Å². The first-order chi connectivity index (χ1) is 13.1. The van der Waals surface area contributed by atoms with E-state index >= 15 is 0 Å². The summed E-state index contributed by atoms with van der Waals surface area (Å²) in [4.78, 5) is 1.73. The molecule has 0 aliphatic heterocycles. The summed E-state index contributed by atoms with van der Waals surface area (Å²) in [6.07, 6.45) is 3.14. The molecular weight excluding hydrogens is 360 g/mol. The molecule has 1 aromatic heterocycles. The number of nitrogens with zero attached hydrogens (tertiary/aromatic N) is 3. The van der Waals surface area contributed by atoms with Gasteiger partial charge in [0.15, 0.2) is 0 Å². The summed E-state index contributed by atoms with van der Waals surface area (Å²) in [5.41, 5.74) is 0.846. The molecule has 0 fully saturated rings. The topological polar surface area (TPSA) is 76.9 Å². The molecule has 0 spiro atoms. The van der Waals surface area contributed by atoms with E-state index in [4.69, 9.17) is 0 Å². The van der Waals surface area contributed by atoms with E-state index in [0.717, 1.165) is 10.9 Å². The molecule has 6 nitrogen and oxygen atoms in total. The SMILES string of the molecule is O=S(=O)(NC(Cn1nccn1)c1ccccc1)c1cccc2ccccc12. The molecule has 0 saturated heterocycles. The van der Waals surface area contributed by atoms with Crippen molar-refractivity contribution >= 4 is 20.8 Å². The van der Waals surface area contributed by atoms with Gasteiger partial charge in [0, 0.05) is 5.39 Å². The normalized spacial score (nSPS) is 12.9. The highest BCUT2D eigenvalue weighted by Crippen LogP contribution is 2.25.